The van der Waals surface area contributed by atoms with Gasteiger partial charge in [-0.1, -0.05) is 28.1 Å². The van der Waals surface area contributed by atoms with Crippen molar-refractivity contribution in [2.24, 2.45) is 0 Å². The summed E-state index contributed by atoms with van der Waals surface area (Å²) in [7, 11) is -3.94. The summed E-state index contributed by atoms with van der Waals surface area (Å²) in [5, 5.41) is 10.8. The minimum atomic E-state index is -3.94. The number of benzene rings is 2. The lowest BCUT2D eigenvalue weighted by Gasteiger charge is -2.10. The maximum atomic E-state index is 12.5. The Bertz CT molecular complexity index is 942. The molecular weight excluding hydrogens is 384 g/mol. The van der Waals surface area contributed by atoms with E-state index in [2.05, 4.69) is 31.5 Å². The van der Waals surface area contributed by atoms with Gasteiger partial charge < -0.3 is 4.18 Å². The Balaban J connectivity index is 1.95. The van der Waals surface area contributed by atoms with Crippen molar-refractivity contribution in [3.63, 3.8) is 0 Å². The summed E-state index contributed by atoms with van der Waals surface area (Å²) in [5.74, 6) is 0.178. The normalized spacial score (nSPS) is 11.4. The van der Waals surface area contributed by atoms with Crippen molar-refractivity contribution in [1.82, 2.24) is 20.2 Å². The summed E-state index contributed by atoms with van der Waals surface area (Å²) < 4.78 is 32.3. The minimum absolute atomic E-state index is 0.111. The summed E-state index contributed by atoms with van der Waals surface area (Å²) in [5.41, 5.74) is 1.19. The van der Waals surface area contributed by atoms with Crippen molar-refractivity contribution in [3.05, 3.63) is 58.8 Å². The van der Waals surface area contributed by atoms with Crippen molar-refractivity contribution in [3.8, 4) is 11.4 Å². The van der Waals surface area contributed by atoms with Crippen LogP contribution in [0.25, 0.3) is 5.69 Å². The summed E-state index contributed by atoms with van der Waals surface area (Å²) in [6.07, 6.45) is 1.41. The number of rotatable bonds is 4. The van der Waals surface area contributed by atoms with Gasteiger partial charge in [-0.3, -0.25) is 0 Å². The zero-order chi connectivity index (χ0) is 16.4. The molecule has 0 aliphatic heterocycles. The van der Waals surface area contributed by atoms with Crippen LogP contribution < -0.4 is 4.18 Å². The van der Waals surface area contributed by atoms with Crippen LogP contribution in [0.3, 0.4) is 0 Å². The van der Waals surface area contributed by atoms with Gasteiger partial charge in [0.15, 0.2) is 0 Å². The molecule has 3 aromatic rings. The van der Waals surface area contributed by atoms with E-state index < -0.39 is 10.1 Å². The molecule has 1 aromatic heterocycles. The second-order valence-corrected chi connectivity index (χ2v) is 7.13. The van der Waals surface area contributed by atoms with Crippen molar-refractivity contribution in [1.29, 1.82) is 0 Å². The van der Waals surface area contributed by atoms with Crippen LogP contribution in [0.1, 0.15) is 5.56 Å². The number of tetrazole rings is 1. The molecule has 1 heterocycles. The first-order chi connectivity index (χ1) is 11.0. The largest absolute Gasteiger partial charge is 0.379 e. The highest BCUT2D eigenvalue weighted by atomic mass is 79.9. The quantitative estimate of drug-likeness (QED) is 0.631. The molecule has 0 spiro atoms. The van der Waals surface area contributed by atoms with Gasteiger partial charge in [0.2, 0.25) is 0 Å². The fourth-order valence-corrected chi connectivity index (χ4v) is 3.67. The summed E-state index contributed by atoms with van der Waals surface area (Å²) in [4.78, 5) is 0.111. The second kappa shape index (κ2) is 6.09. The minimum Gasteiger partial charge on any atom is -0.379 e. The highest BCUT2D eigenvalue weighted by molar-refractivity contribution is 9.10. The van der Waals surface area contributed by atoms with E-state index in [1.54, 1.807) is 43.3 Å². The Morgan fingerprint density at radius 2 is 2.00 bits per heavy atom. The third-order valence-corrected chi connectivity index (χ3v) is 4.94. The number of hydrogen-bond acceptors (Lipinski definition) is 6. The summed E-state index contributed by atoms with van der Waals surface area (Å²) in [6.45, 7) is 1.71. The van der Waals surface area contributed by atoms with Crippen LogP contribution in [0.2, 0.25) is 0 Å². The van der Waals surface area contributed by atoms with Crippen LogP contribution in [0, 0.1) is 6.92 Å². The fraction of sp³-hybridized carbons (Fsp3) is 0.0714. The van der Waals surface area contributed by atoms with Gasteiger partial charge in [0.1, 0.15) is 17.0 Å². The first kappa shape index (κ1) is 15.6. The molecule has 0 saturated carbocycles. The van der Waals surface area contributed by atoms with Crippen LogP contribution in [0.15, 0.2) is 58.2 Å². The smallest absolute Gasteiger partial charge is 0.339 e. The third-order valence-electron chi connectivity index (χ3n) is 3.06. The van der Waals surface area contributed by atoms with E-state index in [0.717, 1.165) is 0 Å². The number of nitrogens with zero attached hydrogens (tertiary/aromatic N) is 4. The molecule has 0 bridgehead atoms. The zero-order valence-corrected chi connectivity index (χ0v) is 14.3. The molecule has 118 valence electrons. The van der Waals surface area contributed by atoms with Gasteiger partial charge in [0.05, 0.1) is 5.69 Å². The van der Waals surface area contributed by atoms with E-state index in [4.69, 9.17) is 4.18 Å². The molecule has 0 N–H and O–H groups in total. The van der Waals surface area contributed by atoms with Gasteiger partial charge in [-0.25, -0.2) is 4.68 Å². The topological polar surface area (TPSA) is 87.0 Å². The molecular formula is C14H11BrN4O3S. The van der Waals surface area contributed by atoms with Crippen LogP contribution in [-0.2, 0) is 10.1 Å². The van der Waals surface area contributed by atoms with Gasteiger partial charge in [-0.2, -0.15) is 8.42 Å². The number of aryl methyl sites for hydroxylation is 1. The molecule has 0 aliphatic carbocycles. The zero-order valence-electron chi connectivity index (χ0n) is 11.9. The van der Waals surface area contributed by atoms with Gasteiger partial charge in [-0.15, -0.1) is 5.10 Å². The first-order valence-corrected chi connectivity index (χ1v) is 8.70. The van der Waals surface area contributed by atoms with Gasteiger partial charge >= 0.3 is 10.1 Å². The van der Waals surface area contributed by atoms with Crippen molar-refractivity contribution in [2.45, 2.75) is 11.8 Å². The van der Waals surface area contributed by atoms with E-state index in [1.165, 1.54) is 17.1 Å². The Morgan fingerprint density at radius 1 is 1.17 bits per heavy atom. The molecule has 0 amide bonds. The van der Waals surface area contributed by atoms with Crippen molar-refractivity contribution < 1.29 is 12.6 Å². The first-order valence-electron chi connectivity index (χ1n) is 6.50. The summed E-state index contributed by atoms with van der Waals surface area (Å²) >= 11 is 3.27. The van der Waals surface area contributed by atoms with Gasteiger partial charge in [0, 0.05) is 10.5 Å². The lowest BCUT2D eigenvalue weighted by molar-refractivity contribution is 0.485. The standard InChI is InChI=1S/C14H11BrN4O3S/c1-10-5-6-11(15)7-14(10)23(20,21)22-13-4-2-3-12(8-13)19-9-16-17-18-19/h2-9H,1H3. The van der Waals surface area contributed by atoms with Gasteiger partial charge in [-0.05, 0) is 47.2 Å². The molecule has 0 atom stereocenters. The van der Waals surface area contributed by atoms with Crippen molar-refractivity contribution >= 4 is 26.0 Å². The number of halogens is 1. The lowest BCUT2D eigenvalue weighted by Crippen LogP contribution is -2.11. The van der Waals surface area contributed by atoms with Crippen LogP contribution in [0.5, 0.6) is 5.75 Å². The maximum Gasteiger partial charge on any atom is 0.339 e. The Labute approximate surface area is 141 Å². The van der Waals surface area contributed by atoms with Crippen molar-refractivity contribution in [2.75, 3.05) is 0 Å². The average Bonchev–Trinajstić information content (AvgIpc) is 3.04. The van der Waals surface area contributed by atoms with Crippen LogP contribution in [-0.4, -0.2) is 28.6 Å². The SMILES string of the molecule is Cc1ccc(Br)cc1S(=O)(=O)Oc1cccc(-n2cnnn2)c1. The molecule has 0 radical (unpaired) electrons. The average molecular weight is 395 g/mol. The lowest BCUT2D eigenvalue weighted by atomic mass is 10.2. The van der Waals surface area contributed by atoms with Crippen LogP contribution >= 0.6 is 15.9 Å². The molecule has 0 fully saturated rings. The second-order valence-electron chi connectivity index (χ2n) is 4.70. The predicted octanol–water partition coefficient (Wildman–Crippen LogP) is 2.50. The molecule has 2 aromatic carbocycles. The van der Waals surface area contributed by atoms with E-state index >= 15 is 0 Å². The van der Waals surface area contributed by atoms with Gasteiger partial charge in [0.25, 0.3) is 0 Å². The highest BCUT2D eigenvalue weighted by Crippen LogP contribution is 2.25. The van der Waals surface area contributed by atoms with E-state index in [-0.39, 0.29) is 10.6 Å². The molecule has 9 heteroatoms. The third kappa shape index (κ3) is 3.40. The molecule has 7 nitrogen and oxygen atoms in total. The molecule has 3 rings (SSSR count). The Morgan fingerprint density at radius 3 is 2.74 bits per heavy atom. The van der Waals surface area contributed by atoms with E-state index in [1.807, 2.05) is 0 Å². The Hall–Kier alpha value is -2.26. The number of aromatic nitrogens is 4. The monoisotopic (exact) mass is 394 g/mol. The Kier molecular flexibility index (Phi) is 4.14. The fourth-order valence-electron chi connectivity index (χ4n) is 1.97. The maximum absolute atomic E-state index is 12.5. The molecule has 0 unspecified atom stereocenters. The number of hydrogen-bond donors (Lipinski definition) is 0. The molecule has 23 heavy (non-hydrogen) atoms. The molecule has 0 saturated heterocycles. The van der Waals surface area contributed by atoms with E-state index in [9.17, 15) is 8.42 Å². The van der Waals surface area contributed by atoms with Crippen LogP contribution in [0.4, 0.5) is 0 Å². The van der Waals surface area contributed by atoms with E-state index in [0.29, 0.717) is 15.7 Å². The summed E-state index contributed by atoms with van der Waals surface area (Å²) in [6, 6.07) is 11.5. The molecule has 0 aliphatic rings. The predicted molar refractivity (Wildman–Crippen MR) is 85.8 cm³/mol. The highest BCUT2D eigenvalue weighted by Gasteiger charge is 2.20.